The third-order valence-electron chi connectivity index (χ3n) is 5.17. The van der Waals surface area contributed by atoms with Crippen LogP contribution in [0.1, 0.15) is 44.2 Å². The van der Waals surface area contributed by atoms with Gasteiger partial charge in [0.1, 0.15) is 5.82 Å². The summed E-state index contributed by atoms with van der Waals surface area (Å²) in [6.45, 7) is 4.13. The van der Waals surface area contributed by atoms with Crippen LogP contribution in [0.3, 0.4) is 0 Å². The maximum absolute atomic E-state index is 13.8. The quantitative estimate of drug-likeness (QED) is 0.733. The zero-order chi connectivity index (χ0) is 19.8. The molecule has 0 aromatic heterocycles. The number of halogens is 1. The molecule has 1 unspecified atom stereocenters. The average molecular weight is 386 g/mol. The summed E-state index contributed by atoms with van der Waals surface area (Å²) in [6.07, 6.45) is 3.27. The van der Waals surface area contributed by atoms with Crippen LogP contribution in [-0.4, -0.2) is 20.5 Å². The van der Waals surface area contributed by atoms with Crippen LogP contribution < -0.4 is 0 Å². The second-order valence-corrected chi connectivity index (χ2v) is 9.48. The smallest absolute Gasteiger partial charge is 0.175 e. The van der Waals surface area contributed by atoms with Gasteiger partial charge in [-0.2, -0.15) is 0 Å². The van der Waals surface area contributed by atoms with Crippen molar-refractivity contribution in [3.05, 3.63) is 65.5 Å². The minimum atomic E-state index is -3.30. The highest BCUT2D eigenvalue weighted by Gasteiger charge is 2.42. The first kappa shape index (κ1) is 19.5. The van der Waals surface area contributed by atoms with E-state index in [0.717, 1.165) is 24.0 Å². The summed E-state index contributed by atoms with van der Waals surface area (Å²) in [5, 5.41) is 0. The summed E-state index contributed by atoms with van der Waals surface area (Å²) in [5.41, 5.74) is 2.43. The Kier molecular flexibility index (Phi) is 5.08. The minimum absolute atomic E-state index is 0.00117. The van der Waals surface area contributed by atoms with E-state index in [-0.39, 0.29) is 21.9 Å². The molecular formula is C22H23FO3S. The number of allylic oxidation sites excluding steroid dienone is 2. The van der Waals surface area contributed by atoms with Gasteiger partial charge in [-0.15, -0.1) is 0 Å². The minimum Gasteiger partial charge on any atom is -0.294 e. The van der Waals surface area contributed by atoms with Gasteiger partial charge < -0.3 is 0 Å². The summed E-state index contributed by atoms with van der Waals surface area (Å²) in [5.74, 6) is -0.387. The van der Waals surface area contributed by atoms with Crippen molar-refractivity contribution in [3.8, 4) is 0 Å². The van der Waals surface area contributed by atoms with Crippen molar-refractivity contribution in [2.75, 3.05) is 6.26 Å². The number of hydrogen-bond acceptors (Lipinski definition) is 3. The Bertz CT molecular complexity index is 1020. The number of carbonyl (C=O) groups is 1. The van der Waals surface area contributed by atoms with E-state index in [0.29, 0.717) is 17.6 Å². The molecule has 1 atom stereocenters. The number of carbonyl (C=O) groups excluding carboxylic acids is 1. The lowest BCUT2D eigenvalue weighted by Gasteiger charge is -2.27. The van der Waals surface area contributed by atoms with Gasteiger partial charge in [0, 0.05) is 23.7 Å². The Morgan fingerprint density at radius 2 is 1.74 bits per heavy atom. The number of rotatable bonds is 5. The van der Waals surface area contributed by atoms with Crippen LogP contribution in [0.25, 0.3) is 11.1 Å². The standard InChI is InChI=1S/C22H23FO3S/c1-4-12-22(2)14-19(24)20(16-6-5-7-17(23)13-16)21(22)15-8-10-18(11-9-15)27(3,25)26/h5-11,13H,4,12,14H2,1-3H3. The molecule has 27 heavy (non-hydrogen) atoms. The van der Waals surface area contributed by atoms with Gasteiger partial charge in [0.25, 0.3) is 0 Å². The molecule has 142 valence electrons. The molecule has 0 N–H and O–H groups in total. The SMILES string of the molecule is CCCC1(C)CC(=O)C(c2cccc(F)c2)=C1c1ccc(S(C)(=O)=O)cc1. The van der Waals surface area contributed by atoms with Gasteiger partial charge in [0.15, 0.2) is 15.6 Å². The molecule has 3 rings (SSSR count). The zero-order valence-corrected chi connectivity index (χ0v) is 16.6. The monoisotopic (exact) mass is 386 g/mol. The van der Waals surface area contributed by atoms with Crippen molar-refractivity contribution in [3.63, 3.8) is 0 Å². The highest BCUT2D eigenvalue weighted by atomic mass is 32.2. The first-order valence-electron chi connectivity index (χ1n) is 9.00. The predicted molar refractivity (Wildman–Crippen MR) is 105 cm³/mol. The van der Waals surface area contributed by atoms with Crippen molar-refractivity contribution in [1.29, 1.82) is 0 Å². The van der Waals surface area contributed by atoms with Crippen LogP contribution >= 0.6 is 0 Å². The van der Waals surface area contributed by atoms with Crippen LogP contribution in [0, 0.1) is 11.2 Å². The maximum Gasteiger partial charge on any atom is 0.175 e. The Morgan fingerprint density at radius 1 is 1.07 bits per heavy atom. The summed E-state index contributed by atoms with van der Waals surface area (Å²) < 4.78 is 37.3. The van der Waals surface area contributed by atoms with Gasteiger partial charge >= 0.3 is 0 Å². The fourth-order valence-electron chi connectivity index (χ4n) is 4.05. The molecule has 0 fully saturated rings. The third-order valence-corrected chi connectivity index (χ3v) is 6.30. The summed E-state index contributed by atoms with van der Waals surface area (Å²) in [4.78, 5) is 13.1. The Balaban J connectivity index is 2.24. The van der Waals surface area contributed by atoms with E-state index in [1.807, 2.05) is 0 Å². The first-order valence-corrected chi connectivity index (χ1v) is 10.9. The van der Waals surface area contributed by atoms with E-state index in [2.05, 4.69) is 13.8 Å². The molecular weight excluding hydrogens is 363 g/mol. The molecule has 1 aliphatic carbocycles. The molecule has 0 aliphatic heterocycles. The molecule has 0 spiro atoms. The van der Waals surface area contributed by atoms with E-state index in [1.165, 1.54) is 18.4 Å². The van der Waals surface area contributed by atoms with Crippen LogP contribution in [0.4, 0.5) is 4.39 Å². The Morgan fingerprint density at radius 3 is 2.30 bits per heavy atom. The van der Waals surface area contributed by atoms with E-state index in [4.69, 9.17) is 0 Å². The fraction of sp³-hybridized carbons (Fsp3) is 0.318. The van der Waals surface area contributed by atoms with Crippen molar-refractivity contribution in [2.24, 2.45) is 5.41 Å². The fourth-order valence-corrected chi connectivity index (χ4v) is 4.68. The van der Waals surface area contributed by atoms with Gasteiger partial charge in [-0.1, -0.05) is 44.5 Å². The predicted octanol–water partition coefficient (Wildman–Crippen LogP) is 4.92. The molecule has 0 radical (unpaired) electrons. The van der Waals surface area contributed by atoms with E-state index < -0.39 is 9.84 Å². The lowest BCUT2D eigenvalue weighted by Crippen LogP contribution is -2.16. The van der Waals surface area contributed by atoms with Gasteiger partial charge in [-0.25, -0.2) is 12.8 Å². The number of hydrogen-bond donors (Lipinski definition) is 0. The van der Waals surface area contributed by atoms with Crippen molar-refractivity contribution >= 4 is 26.8 Å². The maximum atomic E-state index is 13.8. The Hall–Kier alpha value is -2.27. The molecule has 0 heterocycles. The second-order valence-electron chi connectivity index (χ2n) is 7.47. The summed E-state index contributed by atoms with van der Waals surface area (Å²) in [6, 6.07) is 12.7. The lowest BCUT2D eigenvalue weighted by molar-refractivity contribution is -0.114. The second kappa shape index (κ2) is 7.04. The molecule has 5 heteroatoms. The number of Topliss-reactive ketones (excluding diaryl/α,β-unsaturated/α-hetero) is 1. The van der Waals surface area contributed by atoms with Crippen LogP contribution in [0.2, 0.25) is 0 Å². The van der Waals surface area contributed by atoms with E-state index in [9.17, 15) is 17.6 Å². The van der Waals surface area contributed by atoms with Crippen molar-refractivity contribution < 1.29 is 17.6 Å². The van der Waals surface area contributed by atoms with Crippen LogP contribution in [-0.2, 0) is 14.6 Å². The van der Waals surface area contributed by atoms with Crippen LogP contribution in [0.15, 0.2) is 53.4 Å². The third kappa shape index (κ3) is 3.74. The normalized spacial score (nSPS) is 20.4. The first-order chi connectivity index (χ1) is 12.7. The van der Waals surface area contributed by atoms with Crippen LogP contribution in [0.5, 0.6) is 0 Å². The highest BCUT2D eigenvalue weighted by molar-refractivity contribution is 7.90. The van der Waals surface area contributed by atoms with Gasteiger partial charge in [-0.05, 0) is 47.4 Å². The van der Waals surface area contributed by atoms with Gasteiger partial charge in [0.05, 0.1) is 4.90 Å². The topological polar surface area (TPSA) is 51.2 Å². The average Bonchev–Trinajstić information content (AvgIpc) is 2.85. The number of sulfone groups is 1. The molecule has 3 nitrogen and oxygen atoms in total. The summed E-state index contributed by atoms with van der Waals surface area (Å²) in [7, 11) is -3.30. The molecule has 0 saturated carbocycles. The number of ketones is 1. The molecule has 1 aliphatic rings. The molecule has 0 amide bonds. The highest BCUT2D eigenvalue weighted by Crippen LogP contribution is 2.52. The number of benzene rings is 2. The van der Waals surface area contributed by atoms with E-state index in [1.54, 1.807) is 36.4 Å². The summed E-state index contributed by atoms with van der Waals surface area (Å²) >= 11 is 0. The zero-order valence-electron chi connectivity index (χ0n) is 15.8. The molecule has 2 aromatic rings. The molecule has 2 aromatic carbocycles. The Labute approximate surface area is 159 Å². The molecule has 0 saturated heterocycles. The van der Waals surface area contributed by atoms with E-state index >= 15 is 0 Å². The van der Waals surface area contributed by atoms with Crippen molar-refractivity contribution in [1.82, 2.24) is 0 Å². The molecule has 0 bridgehead atoms. The van der Waals surface area contributed by atoms with Crippen molar-refractivity contribution in [2.45, 2.75) is 38.0 Å². The van der Waals surface area contributed by atoms with Gasteiger partial charge in [-0.3, -0.25) is 4.79 Å². The lowest BCUT2D eigenvalue weighted by atomic mass is 9.76. The largest absolute Gasteiger partial charge is 0.294 e. The van der Waals surface area contributed by atoms with Gasteiger partial charge in [0.2, 0.25) is 0 Å².